The molecule has 1 atom stereocenters. The third-order valence-corrected chi connectivity index (χ3v) is 2.76. The largest absolute Gasteiger partial charge is 0.480 e. The zero-order valence-electron chi connectivity index (χ0n) is 7.01. The van der Waals surface area contributed by atoms with Gasteiger partial charge in [-0.1, -0.05) is 39.1 Å². The maximum absolute atomic E-state index is 10.6. The summed E-state index contributed by atoms with van der Waals surface area (Å²) in [6.45, 7) is 0. The minimum absolute atomic E-state index is 0.357. The number of hydrogen-bond acceptors (Lipinski definition) is 1. The summed E-state index contributed by atoms with van der Waals surface area (Å²) < 4.78 is 0. The van der Waals surface area contributed by atoms with Crippen LogP contribution in [0, 0.1) is 0 Å². The van der Waals surface area contributed by atoms with Gasteiger partial charge >= 0.3 is 5.97 Å². The van der Waals surface area contributed by atoms with Crippen molar-refractivity contribution >= 4 is 45.1 Å². The Balaban J connectivity index is 2.81. The molecule has 0 aliphatic rings. The van der Waals surface area contributed by atoms with Crippen LogP contribution in [-0.2, 0) is 11.2 Å². The molecule has 76 valence electrons. The summed E-state index contributed by atoms with van der Waals surface area (Å²) in [6.07, 6.45) is 0.357. The molecule has 1 N–H and O–H groups in total. The number of carbonyl (C=O) groups is 1. The molecular weight excluding hydrogens is 291 g/mol. The van der Waals surface area contributed by atoms with Crippen LogP contribution in [0.1, 0.15) is 5.56 Å². The first-order valence-electron chi connectivity index (χ1n) is 3.81. The summed E-state index contributed by atoms with van der Waals surface area (Å²) in [5.74, 6) is -0.902. The van der Waals surface area contributed by atoms with E-state index in [0.29, 0.717) is 16.5 Å². The van der Waals surface area contributed by atoms with Crippen molar-refractivity contribution in [3.05, 3.63) is 33.8 Å². The third kappa shape index (κ3) is 3.48. The van der Waals surface area contributed by atoms with Gasteiger partial charge in [0, 0.05) is 10.0 Å². The Hall–Kier alpha value is -0.250. The fourth-order valence-corrected chi connectivity index (χ4v) is 1.97. The van der Waals surface area contributed by atoms with E-state index in [2.05, 4.69) is 15.9 Å². The number of aliphatic carboxylic acids is 1. The number of carboxylic acids is 1. The molecule has 14 heavy (non-hydrogen) atoms. The molecule has 1 aromatic rings. The third-order valence-electron chi connectivity index (χ3n) is 1.61. The van der Waals surface area contributed by atoms with Crippen LogP contribution in [0.2, 0.25) is 10.0 Å². The average molecular weight is 298 g/mol. The number of rotatable bonds is 3. The lowest BCUT2D eigenvalue weighted by Crippen LogP contribution is -2.15. The molecule has 0 saturated carbocycles. The van der Waals surface area contributed by atoms with Crippen LogP contribution in [-0.4, -0.2) is 15.9 Å². The van der Waals surface area contributed by atoms with E-state index in [9.17, 15) is 4.79 Å². The van der Waals surface area contributed by atoms with Gasteiger partial charge in [0.15, 0.2) is 0 Å². The average Bonchev–Trinajstić information content (AvgIpc) is 2.01. The highest BCUT2D eigenvalue weighted by Crippen LogP contribution is 2.21. The maximum Gasteiger partial charge on any atom is 0.317 e. The zero-order chi connectivity index (χ0) is 10.7. The lowest BCUT2D eigenvalue weighted by atomic mass is 10.1. The summed E-state index contributed by atoms with van der Waals surface area (Å²) >= 11 is 14.6. The molecule has 0 aliphatic carbocycles. The SMILES string of the molecule is O=C(O)C(Br)Cc1cc(Cl)cc(Cl)c1. The second-order valence-electron chi connectivity index (χ2n) is 2.79. The van der Waals surface area contributed by atoms with Gasteiger partial charge in [0.2, 0.25) is 0 Å². The quantitative estimate of drug-likeness (QED) is 0.869. The van der Waals surface area contributed by atoms with Crippen LogP contribution in [0.4, 0.5) is 0 Å². The van der Waals surface area contributed by atoms with Crippen molar-refractivity contribution in [2.75, 3.05) is 0 Å². The molecule has 2 nitrogen and oxygen atoms in total. The van der Waals surface area contributed by atoms with Crippen LogP contribution in [0.5, 0.6) is 0 Å². The van der Waals surface area contributed by atoms with Gasteiger partial charge in [-0.2, -0.15) is 0 Å². The number of alkyl halides is 1. The van der Waals surface area contributed by atoms with Crippen LogP contribution in [0.25, 0.3) is 0 Å². The Bertz CT molecular complexity index is 334. The first kappa shape index (κ1) is 11.8. The van der Waals surface area contributed by atoms with Crippen molar-refractivity contribution < 1.29 is 9.90 Å². The minimum Gasteiger partial charge on any atom is -0.480 e. The molecular formula is C9H7BrCl2O2. The van der Waals surface area contributed by atoms with Crippen molar-refractivity contribution in [3.8, 4) is 0 Å². The Morgan fingerprint density at radius 3 is 2.29 bits per heavy atom. The van der Waals surface area contributed by atoms with Crippen LogP contribution < -0.4 is 0 Å². The first-order chi connectivity index (χ1) is 6.49. The molecule has 0 heterocycles. The molecule has 1 aromatic carbocycles. The molecule has 0 amide bonds. The van der Waals surface area contributed by atoms with Crippen LogP contribution >= 0.6 is 39.1 Å². The van der Waals surface area contributed by atoms with Gasteiger partial charge in [0.05, 0.1) is 0 Å². The highest BCUT2D eigenvalue weighted by atomic mass is 79.9. The van der Waals surface area contributed by atoms with Gasteiger partial charge in [-0.15, -0.1) is 0 Å². The maximum atomic E-state index is 10.6. The Labute approximate surface area is 100.0 Å². The molecule has 0 aliphatic heterocycles. The highest BCUT2D eigenvalue weighted by molar-refractivity contribution is 9.10. The van der Waals surface area contributed by atoms with E-state index in [-0.39, 0.29) is 0 Å². The molecule has 5 heteroatoms. The smallest absolute Gasteiger partial charge is 0.317 e. The van der Waals surface area contributed by atoms with Gasteiger partial charge in [0.25, 0.3) is 0 Å². The monoisotopic (exact) mass is 296 g/mol. The van der Waals surface area contributed by atoms with Crippen molar-refractivity contribution in [1.82, 2.24) is 0 Å². The molecule has 0 fully saturated rings. The van der Waals surface area contributed by atoms with E-state index in [1.807, 2.05) is 0 Å². The fourth-order valence-electron chi connectivity index (χ4n) is 1.02. The summed E-state index contributed by atoms with van der Waals surface area (Å²) in [7, 11) is 0. The van der Waals surface area contributed by atoms with E-state index >= 15 is 0 Å². The molecule has 0 aromatic heterocycles. The molecule has 1 rings (SSSR count). The first-order valence-corrected chi connectivity index (χ1v) is 5.48. The van der Waals surface area contributed by atoms with Gasteiger partial charge in [-0.05, 0) is 30.2 Å². The standard InChI is InChI=1S/C9H7BrCl2O2/c10-8(9(13)14)3-5-1-6(11)4-7(12)2-5/h1-2,4,8H,3H2,(H,13,14). The Morgan fingerprint density at radius 1 is 1.36 bits per heavy atom. The summed E-state index contributed by atoms with van der Waals surface area (Å²) in [4.78, 5) is 9.95. The number of carboxylic acid groups (broad SMARTS) is 1. The summed E-state index contributed by atoms with van der Waals surface area (Å²) in [5, 5.41) is 9.69. The van der Waals surface area contributed by atoms with E-state index < -0.39 is 10.8 Å². The van der Waals surface area contributed by atoms with Crippen molar-refractivity contribution in [2.45, 2.75) is 11.2 Å². The lowest BCUT2D eigenvalue weighted by molar-refractivity contribution is -0.136. The number of halogens is 3. The topological polar surface area (TPSA) is 37.3 Å². The minimum atomic E-state index is -0.902. The lowest BCUT2D eigenvalue weighted by Gasteiger charge is -2.05. The van der Waals surface area contributed by atoms with E-state index in [1.165, 1.54) is 0 Å². The van der Waals surface area contributed by atoms with E-state index in [1.54, 1.807) is 18.2 Å². The molecule has 0 spiro atoms. The second kappa shape index (κ2) is 5.01. The van der Waals surface area contributed by atoms with Crippen molar-refractivity contribution in [3.63, 3.8) is 0 Å². The molecule has 1 unspecified atom stereocenters. The predicted octanol–water partition coefficient (Wildman–Crippen LogP) is 3.38. The normalized spacial score (nSPS) is 12.5. The van der Waals surface area contributed by atoms with Gasteiger partial charge in [-0.3, -0.25) is 4.79 Å². The fraction of sp³-hybridized carbons (Fsp3) is 0.222. The number of hydrogen-bond donors (Lipinski definition) is 1. The summed E-state index contributed by atoms with van der Waals surface area (Å²) in [5.41, 5.74) is 0.798. The van der Waals surface area contributed by atoms with Crippen LogP contribution in [0.3, 0.4) is 0 Å². The molecule has 0 saturated heterocycles. The molecule has 0 bridgehead atoms. The van der Waals surface area contributed by atoms with Crippen molar-refractivity contribution in [2.24, 2.45) is 0 Å². The van der Waals surface area contributed by atoms with Crippen LogP contribution in [0.15, 0.2) is 18.2 Å². The Kier molecular flexibility index (Phi) is 4.23. The number of benzene rings is 1. The van der Waals surface area contributed by atoms with Gasteiger partial charge < -0.3 is 5.11 Å². The van der Waals surface area contributed by atoms with E-state index in [4.69, 9.17) is 28.3 Å². The predicted molar refractivity (Wildman–Crippen MR) is 60.5 cm³/mol. The second-order valence-corrected chi connectivity index (χ2v) is 4.77. The van der Waals surface area contributed by atoms with Crippen molar-refractivity contribution in [1.29, 1.82) is 0 Å². The zero-order valence-corrected chi connectivity index (χ0v) is 10.1. The molecule has 0 radical (unpaired) electrons. The summed E-state index contributed by atoms with van der Waals surface area (Å²) in [6, 6.07) is 5.01. The van der Waals surface area contributed by atoms with E-state index in [0.717, 1.165) is 5.56 Å². The Morgan fingerprint density at radius 2 is 1.86 bits per heavy atom. The van der Waals surface area contributed by atoms with Gasteiger partial charge in [0.1, 0.15) is 4.83 Å². The van der Waals surface area contributed by atoms with Gasteiger partial charge in [-0.25, -0.2) is 0 Å². The highest BCUT2D eigenvalue weighted by Gasteiger charge is 2.13.